The van der Waals surface area contributed by atoms with Gasteiger partial charge in [-0.3, -0.25) is 4.98 Å². The van der Waals surface area contributed by atoms with Crippen LogP contribution in [0.5, 0.6) is 0 Å². The fourth-order valence-electron chi connectivity index (χ4n) is 1.20. The Balaban J connectivity index is 2.47. The van der Waals surface area contributed by atoms with Crippen molar-refractivity contribution in [2.75, 3.05) is 7.05 Å². The third-order valence-corrected chi connectivity index (χ3v) is 2.81. The number of fused-ring (bicyclic) bond motifs is 1. The van der Waals surface area contributed by atoms with Crippen LogP contribution >= 0.6 is 11.3 Å². The van der Waals surface area contributed by atoms with E-state index in [2.05, 4.69) is 16.4 Å². The van der Waals surface area contributed by atoms with Crippen LogP contribution in [0.25, 0.3) is 10.1 Å². The first kappa shape index (κ1) is 7.71. The largest absolute Gasteiger partial charge is 0.315 e. The molecule has 0 saturated heterocycles. The Kier molecular flexibility index (Phi) is 2.06. The van der Waals surface area contributed by atoms with Gasteiger partial charge in [-0.1, -0.05) is 0 Å². The zero-order valence-corrected chi connectivity index (χ0v) is 7.69. The van der Waals surface area contributed by atoms with Gasteiger partial charge in [-0.15, -0.1) is 11.3 Å². The summed E-state index contributed by atoms with van der Waals surface area (Å²) in [4.78, 5) is 5.44. The summed E-state index contributed by atoms with van der Waals surface area (Å²) in [5, 5.41) is 4.43. The minimum Gasteiger partial charge on any atom is -0.315 e. The van der Waals surface area contributed by atoms with Gasteiger partial charge in [0.1, 0.15) is 0 Å². The Morgan fingerprint density at radius 3 is 3.25 bits per heavy atom. The molecule has 0 bridgehead atoms. The lowest BCUT2D eigenvalue weighted by Crippen LogP contribution is -2.02. The number of nitrogens with zero attached hydrogens (tertiary/aromatic N) is 1. The molecule has 0 fully saturated rings. The highest BCUT2D eigenvalue weighted by atomic mass is 32.1. The topological polar surface area (TPSA) is 24.9 Å². The third-order valence-electron chi connectivity index (χ3n) is 1.73. The Bertz CT molecular complexity index is 348. The van der Waals surface area contributed by atoms with Crippen LogP contribution in [0.1, 0.15) is 4.88 Å². The lowest BCUT2D eigenvalue weighted by atomic mass is 10.3. The maximum Gasteiger partial charge on any atom is 0.0529 e. The van der Waals surface area contributed by atoms with Gasteiger partial charge in [0.15, 0.2) is 0 Å². The van der Waals surface area contributed by atoms with E-state index in [1.807, 2.05) is 25.5 Å². The van der Waals surface area contributed by atoms with Gasteiger partial charge in [-0.2, -0.15) is 0 Å². The highest BCUT2D eigenvalue weighted by molar-refractivity contribution is 7.19. The summed E-state index contributed by atoms with van der Waals surface area (Å²) >= 11 is 1.80. The molecule has 62 valence electrons. The van der Waals surface area contributed by atoms with Crippen LogP contribution < -0.4 is 5.32 Å². The van der Waals surface area contributed by atoms with E-state index in [-0.39, 0.29) is 0 Å². The van der Waals surface area contributed by atoms with E-state index in [9.17, 15) is 0 Å². The summed E-state index contributed by atoms with van der Waals surface area (Å²) < 4.78 is 1.27. The highest BCUT2D eigenvalue weighted by Crippen LogP contribution is 2.23. The molecule has 3 heteroatoms. The smallest absolute Gasteiger partial charge is 0.0529 e. The average molecular weight is 178 g/mol. The SMILES string of the molecule is CNCc1cc2ccncc2s1. The maximum absolute atomic E-state index is 4.08. The number of rotatable bonds is 2. The van der Waals surface area contributed by atoms with E-state index in [4.69, 9.17) is 0 Å². The van der Waals surface area contributed by atoms with Crippen LogP contribution in [0.4, 0.5) is 0 Å². The van der Waals surface area contributed by atoms with E-state index < -0.39 is 0 Å². The number of aromatic nitrogens is 1. The number of pyridine rings is 1. The van der Waals surface area contributed by atoms with E-state index in [0.717, 1.165) is 6.54 Å². The first-order chi connectivity index (χ1) is 5.90. The van der Waals surface area contributed by atoms with Crippen LogP contribution in [0.3, 0.4) is 0 Å². The fourth-order valence-corrected chi connectivity index (χ4v) is 2.24. The van der Waals surface area contributed by atoms with Gasteiger partial charge < -0.3 is 5.32 Å². The van der Waals surface area contributed by atoms with Crippen molar-refractivity contribution in [3.8, 4) is 0 Å². The Morgan fingerprint density at radius 2 is 2.50 bits per heavy atom. The Hall–Kier alpha value is -0.930. The van der Waals surface area contributed by atoms with Crippen molar-refractivity contribution in [1.29, 1.82) is 0 Å². The van der Waals surface area contributed by atoms with Gasteiger partial charge in [-0.05, 0) is 24.6 Å². The molecule has 2 aromatic rings. The van der Waals surface area contributed by atoms with Crippen LogP contribution in [0, 0.1) is 0 Å². The van der Waals surface area contributed by atoms with Crippen molar-refractivity contribution in [2.24, 2.45) is 0 Å². The lowest BCUT2D eigenvalue weighted by Gasteiger charge is -1.89. The number of hydrogen-bond acceptors (Lipinski definition) is 3. The van der Waals surface area contributed by atoms with Crippen molar-refractivity contribution >= 4 is 21.4 Å². The first-order valence-corrected chi connectivity index (χ1v) is 4.69. The second kappa shape index (κ2) is 3.21. The zero-order chi connectivity index (χ0) is 8.39. The molecular weight excluding hydrogens is 168 g/mol. The van der Waals surface area contributed by atoms with E-state index in [1.54, 1.807) is 11.3 Å². The van der Waals surface area contributed by atoms with Gasteiger partial charge in [-0.25, -0.2) is 0 Å². The highest BCUT2D eigenvalue weighted by Gasteiger charge is 1.98. The average Bonchev–Trinajstić information content (AvgIpc) is 2.47. The number of hydrogen-bond donors (Lipinski definition) is 1. The molecule has 0 aromatic carbocycles. The van der Waals surface area contributed by atoms with Crippen molar-refractivity contribution in [3.05, 3.63) is 29.4 Å². The van der Waals surface area contributed by atoms with Gasteiger partial charge in [0.2, 0.25) is 0 Å². The zero-order valence-electron chi connectivity index (χ0n) is 6.87. The second-order valence-electron chi connectivity index (χ2n) is 2.66. The molecule has 0 spiro atoms. The summed E-state index contributed by atoms with van der Waals surface area (Å²) in [7, 11) is 1.96. The Labute approximate surface area is 75.3 Å². The summed E-state index contributed by atoms with van der Waals surface area (Å²) in [5.41, 5.74) is 0. The molecule has 0 aliphatic heterocycles. The van der Waals surface area contributed by atoms with E-state index in [1.165, 1.54) is 15.0 Å². The minimum absolute atomic E-state index is 0.944. The van der Waals surface area contributed by atoms with Crippen LogP contribution in [0.2, 0.25) is 0 Å². The molecule has 2 aromatic heterocycles. The second-order valence-corrected chi connectivity index (χ2v) is 3.82. The molecule has 1 N–H and O–H groups in total. The molecular formula is C9H10N2S. The predicted molar refractivity (Wildman–Crippen MR) is 52.4 cm³/mol. The summed E-state index contributed by atoms with van der Waals surface area (Å²) in [5.74, 6) is 0. The summed E-state index contributed by atoms with van der Waals surface area (Å²) in [6.45, 7) is 0.944. The van der Waals surface area contributed by atoms with Crippen molar-refractivity contribution in [1.82, 2.24) is 10.3 Å². The molecule has 0 saturated carbocycles. The molecule has 2 heterocycles. The van der Waals surface area contributed by atoms with Crippen LogP contribution in [-0.2, 0) is 6.54 Å². The molecule has 0 unspecified atom stereocenters. The van der Waals surface area contributed by atoms with Crippen LogP contribution in [0.15, 0.2) is 24.5 Å². The van der Waals surface area contributed by atoms with Gasteiger partial charge >= 0.3 is 0 Å². The molecule has 2 nitrogen and oxygen atoms in total. The standard InChI is InChI=1S/C9H10N2S/c1-10-5-8-4-7-2-3-11-6-9(7)12-8/h2-4,6,10H,5H2,1H3. The monoisotopic (exact) mass is 178 g/mol. The molecule has 0 atom stereocenters. The van der Waals surface area contributed by atoms with Crippen molar-refractivity contribution in [2.45, 2.75) is 6.54 Å². The van der Waals surface area contributed by atoms with E-state index >= 15 is 0 Å². The lowest BCUT2D eigenvalue weighted by molar-refractivity contribution is 0.832. The summed E-state index contributed by atoms with van der Waals surface area (Å²) in [6, 6.07) is 4.25. The van der Waals surface area contributed by atoms with E-state index in [0.29, 0.717) is 0 Å². The molecule has 0 amide bonds. The van der Waals surface area contributed by atoms with Crippen LogP contribution in [-0.4, -0.2) is 12.0 Å². The third kappa shape index (κ3) is 1.33. The first-order valence-electron chi connectivity index (χ1n) is 3.87. The number of thiophene rings is 1. The maximum atomic E-state index is 4.08. The molecule has 0 aliphatic rings. The quantitative estimate of drug-likeness (QED) is 0.761. The van der Waals surface area contributed by atoms with Crippen molar-refractivity contribution < 1.29 is 0 Å². The molecule has 2 rings (SSSR count). The molecule has 0 radical (unpaired) electrons. The van der Waals surface area contributed by atoms with Gasteiger partial charge in [0.25, 0.3) is 0 Å². The molecule has 0 aliphatic carbocycles. The van der Waals surface area contributed by atoms with Crippen molar-refractivity contribution in [3.63, 3.8) is 0 Å². The fraction of sp³-hybridized carbons (Fsp3) is 0.222. The Morgan fingerprint density at radius 1 is 1.58 bits per heavy atom. The summed E-state index contributed by atoms with van der Waals surface area (Å²) in [6.07, 6.45) is 3.75. The normalized spacial score (nSPS) is 10.8. The van der Waals surface area contributed by atoms with Gasteiger partial charge in [0.05, 0.1) is 4.70 Å². The number of nitrogens with one attached hydrogen (secondary N) is 1. The van der Waals surface area contributed by atoms with Gasteiger partial charge in [0, 0.05) is 23.8 Å². The molecule has 12 heavy (non-hydrogen) atoms. The predicted octanol–water partition coefficient (Wildman–Crippen LogP) is 2.02. The minimum atomic E-state index is 0.944.